The zero-order valence-corrected chi connectivity index (χ0v) is 14.6. The van der Waals surface area contributed by atoms with Gasteiger partial charge in [-0.1, -0.05) is 20.8 Å². The van der Waals surface area contributed by atoms with Gasteiger partial charge in [-0.05, 0) is 51.4 Å². The van der Waals surface area contributed by atoms with Gasteiger partial charge in [0.2, 0.25) is 0 Å². The molecule has 1 saturated carbocycles. The summed E-state index contributed by atoms with van der Waals surface area (Å²) < 4.78 is 11.2. The van der Waals surface area contributed by atoms with Crippen LogP contribution >= 0.6 is 0 Å². The lowest BCUT2D eigenvalue weighted by molar-refractivity contribution is -0.151. The van der Waals surface area contributed by atoms with Gasteiger partial charge >= 0.3 is 5.97 Å². The summed E-state index contributed by atoms with van der Waals surface area (Å²) in [7, 11) is 0. The highest BCUT2D eigenvalue weighted by Crippen LogP contribution is 2.40. The molecule has 0 spiro atoms. The molecular weight excluding hydrogens is 266 g/mol. The monoisotopic (exact) mass is 299 g/mol. The van der Waals surface area contributed by atoms with Gasteiger partial charge in [-0.25, -0.2) is 0 Å². The van der Waals surface area contributed by atoms with Crippen LogP contribution in [0.4, 0.5) is 0 Å². The number of nitrogens with two attached hydrogens (primary N) is 1. The Balaban J connectivity index is 2.53. The maximum Gasteiger partial charge on any atom is 0.325 e. The van der Waals surface area contributed by atoms with E-state index >= 15 is 0 Å². The molecule has 0 bridgehead atoms. The molecule has 1 fully saturated rings. The van der Waals surface area contributed by atoms with E-state index in [9.17, 15) is 4.79 Å². The first-order valence-electron chi connectivity index (χ1n) is 8.17. The lowest BCUT2D eigenvalue weighted by Crippen LogP contribution is -2.49. The predicted octanol–water partition coefficient (Wildman–Crippen LogP) is 3.28. The maximum atomic E-state index is 11.8. The van der Waals surface area contributed by atoms with Crippen LogP contribution in [0.25, 0.3) is 0 Å². The number of carbonyl (C=O) groups excluding carboxylic acids is 1. The molecule has 124 valence electrons. The van der Waals surface area contributed by atoms with E-state index in [-0.39, 0.29) is 18.2 Å². The summed E-state index contributed by atoms with van der Waals surface area (Å²) in [6, 6.07) is 0. The van der Waals surface area contributed by atoms with Gasteiger partial charge in [-0.3, -0.25) is 4.79 Å². The van der Waals surface area contributed by atoms with E-state index in [4.69, 9.17) is 15.2 Å². The van der Waals surface area contributed by atoms with Crippen molar-refractivity contribution in [1.29, 1.82) is 0 Å². The smallest absolute Gasteiger partial charge is 0.325 e. The Bertz CT molecular complexity index is 352. The second-order valence-corrected chi connectivity index (χ2v) is 7.82. The maximum absolute atomic E-state index is 11.8. The van der Waals surface area contributed by atoms with Crippen molar-refractivity contribution in [1.82, 2.24) is 0 Å². The lowest BCUT2D eigenvalue weighted by Gasteiger charge is -2.40. The Morgan fingerprint density at radius 3 is 2.57 bits per heavy atom. The van der Waals surface area contributed by atoms with Crippen LogP contribution in [0.15, 0.2) is 0 Å². The van der Waals surface area contributed by atoms with Gasteiger partial charge in [-0.2, -0.15) is 0 Å². The third-order valence-corrected chi connectivity index (χ3v) is 4.22. The SMILES string of the molecule is CCOC(=O)C(C)(N)CC(C)OC1CC(C)CC(C)(C)C1. The van der Waals surface area contributed by atoms with Gasteiger partial charge in [0, 0.05) is 6.42 Å². The minimum Gasteiger partial charge on any atom is -0.465 e. The molecule has 4 unspecified atom stereocenters. The Labute approximate surface area is 129 Å². The average molecular weight is 299 g/mol. The van der Waals surface area contributed by atoms with E-state index in [1.165, 1.54) is 6.42 Å². The summed E-state index contributed by atoms with van der Waals surface area (Å²) in [5, 5.41) is 0. The molecule has 4 nitrogen and oxygen atoms in total. The van der Waals surface area contributed by atoms with Gasteiger partial charge in [0.1, 0.15) is 5.54 Å². The molecule has 2 N–H and O–H groups in total. The minimum atomic E-state index is -0.981. The van der Waals surface area contributed by atoms with E-state index in [1.807, 2.05) is 6.92 Å². The second-order valence-electron chi connectivity index (χ2n) is 7.82. The largest absolute Gasteiger partial charge is 0.465 e. The average Bonchev–Trinajstić information content (AvgIpc) is 2.24. The fraction of sp³-hybridized carbons (Fsp3) is 0.941. The lowest BCUT2D eigenvalue weighted by atomic mass is 9.71. The van der Waals surface area contributed by atoms with Crippen LogP contribution in [0.2, 0.25) is 0 Å². The van der Waals surface area contributed by atoms with Crippen molar-refractivity contribution >= 4 is 5.97 Å². The van der Waals surface area contributed by atoms with Gasteiger partial charge < -0.3 is 15.2 Å². The molecule has 1 aliphatic rings. The van der Waals surface area contributed by atoms with Gasteiger partial charge in [-0.15, -0.1) is 0 Å². The third-order valence-electron chi connectivity index (χ3n) is 4.22. The van der Waals surface area contributed by atoms with E-state index < -0.39 is 5.54 Å². The normalized spacial score (nSPS) is 29.5. The zero-order chi connectivity index (χ0) is 16.3. The summed E-state index contributed by atoms with van der Waals surface area (Å²) in [6.45, 7) is 12.8. The highest BCUT2D eigenvalue weighted by molar-refractivity contribution is 5.80. The molecular formula is C17H33NO3. The van der Waals surface area contributed by atoms with Crippen LogP contribution in [0.1, 0.15) is 67.2 Å². The standard InChI is InChI=1S/C17H33NO3/c1-7-20-15(19)17(6,18)10-13(3)21-14-8-12(2)9-16(4,5)11-14/h12-14H,7-11,18H2,1-6H3. The van der Waals surface area contributed by atoms with E-state index in [2.05, 4.69) is 20.8 Å². The number of hydrogen-bond acceptors (Lipinski definition) is 4. The molecule has 0 saturated heterocycles. The topological polar surface area (TPSA) is 61.5 Å². The third kappa shape index (κ3) is 5.95. The molecule has 0 radical (unpaired) electrons. The molecule has 1 rings (SSSR count). The molecule has 21 heavy (non-hydrogen) atoms. The van der Waals surface area contributed by atoms with Crippen molar-refractivity contribution in [3.05, 3.63) is 0 Å². The quantitative estimate of drug-likeness (QED) is 0.765. The van der Waals surface area contributed by atoms with Gasteiger partial charge in [0.05, 0.1) is 18.8 Å². The van der Waals surface area contributed by atoms with Gasteiger partial charge in [0.25, 0.3) is 0 Å². The summed E-state index contributed by atoms with van der Waals surface area (Å²) in [4.78, 5) is 11.8. The summed E-state index contributed by atoms with van der Waals surface area (Å²) in [6.07, 6.45) is 4.11. The molecule has 0 aromatic rings. The van der Waals surface area contributed by atoms with Crippen LogP contribution < -0.4 is 5.73 Å². The van der Waals surface area contributed by atoms with E-state index in [1.54, 1.807) is 13.8 Å². The van der Waals surface area contributed by atoms with E-state index in [0.29, 0.717) is 24.4 Å². The molecule has 0 heterocycles. The number of hydrogen-bond donors (Lipinski definition) is 1. The van der Waals surface area contributed by atoms with Crippen LogP contribution in [0.3, 0.4) is 0 Å². The zero-order valence-electron chi connectivity index (χ0n) is 14.6. The summed E-state index contributed by atoms with van der Waals surface area (Å²) in [5.41, 5.74) is 5.43. The minimum absolute atomic E-state index is 0.0458. The number of ether oxygens (including phenoxy) is 2. The number of carbonyl (C=O) groups is 1. The van der Waals surface area contributed by atoms with Crippen LogP contribution in [-0.4, -0.2) is 30.3 Å². The van der Waals surface area contributed by atoms with Crippen LogP contribution in [-0.2, 0) is 14.3 Å². The van der Waals surface area contributed by atoms with Crippen molar-refractivity contribution in [3.8, 4) is 0 Å². The molecule has 0 amide bonds. The van der Waals surface area contributed by atoms with Crippen molar-refractivity contribution < 1.29 is 14.3 Å². The molecule has 4 heteroatoms. The second kappa shape index (κ2) is 7.10. The molecule has 4 atom stereocenters. The van der Waals surface area contributed by atoms with Crippen LogP contribution in [0, 0.1) is 11.3 Å². The Morgan fingerprint density at radius 1 is 1.43 bits per heavy atom. The Morgan fingerprint density at radius 2 is 2.05 bits per heavy atom. The van der Waals surface area contributed by atoms with Crippen molar-refractivity contribution in [2.24, 2.45) is 17.1 Å². The first kappa shape index (κ1) is 18.4. The first-order chi connectivity index (χ1) is 9.55. The van der Waals surface area contributed by atoms with Crippen molar-refractivity contribution in [3.63, 3.8) is 0 Å². The molecule has 0 aromatic carbocycles. The molecule has 0 aliphatic heterocycles. The van der Waals surface area contributed by atoms with E-state index in [0.717, 1.165) is 12.8 Å². The van der Waals surface area contributed by atoms with Crippen molar-refractivity contribution in [2.75, 3.05) is 6.61 Å². The number of rotatable bonds is 6. The summed E-state index contributed by atoms with van der Waals surface area (Å²) >= 11 is 0. The highest BCUT2D eigenvalue weighted by atomic mass is 16.5. The first-order valence-corrected chi connectivity index (χ1v) is 8.17. The van der Waals surface area contributed by atoms with Crippen molar-refractivity contribution in [2.45, 2.75) is 85.0 Å². The highest BCUT2D eigenvalue weighted by Gasteiger charge is 2.36. The fourth-order valence-electron chi connectivity index (χ4n) is 3.72. The Hall–Kier alpha value is -0.610. The fourth-order valence-corrected chi connectivity index (χ4v) is 3.72. The van der Waals surface area contributed by atoms with Gasteiger partial charge in [0.15, 0.2) is 0 Å². The number of esters is 1. The van der Waals surface area contributed by atoms with Crippen LogP contribution in [0.5, 0.6) is 0 Å². The molecule has 0 aromatic heterocycles. The predicted molar refractivity (Wildman–Crippen MR) is 85.0 cm³/mol. The molecule has 1 aliphatic carbocycles. The Kier molecular flexibility index (Phi) is 6.23. The summed E-state index contributed by atoms with van der Waals surface area (Å²) in [5.74, 6) is 0.332.